The molecule has 0 unspecified atom stereocenters. The maximum absolute atomic E-state index is 10.4. The van der Waals surface area contributed by atoms with Gasteiger partial charge in [-0.05, 0) is 12.5 Å². The molecule has 0 aromatic carbocycles. The van der Waals surface area contributed by atoms with Crippen molar-refractivity contribution in [2.45, 2.75) is 19.9 Å². The Morgan fingerprint density at radius 1 is 1.56 bits per heavy atom. The normalized spacial score (nSPS) is 10.3. The first-order valence-electron chi connectivity index (χ1n) is 5.07. The molecule has 0 aliphatic rings. The molecule has 5 heteroatoms. The molecule has 2 aromatic heterocycles. The fraction of sp³-hybridized carbons (Fsp3) is 0.273. The Kier molecular flexibility index (Phi) is 3.05. The van der Waals surface area contributed by atoms with Gasteiger partial charge in [0.2, 0.25) is 0 Å². The van der Waals surface area contributed by atoms with Gasteiger partial charge < -0.3 is 9.15 Å². The Hall–Kier alpha value is -2.04. The fourth-order valence-corrected chi connectivity index (χ4v) is 1.32. The number of rotatable bonds is 5. The van der Waals surface area contributed by atoms with Crippen LogP contribution in [-0.4, -0.2) is 16.1 Å². The summed E-state index contributed by atoms with van der Waals surface area (Å²) in [6, 6.07) is 3.15. The summed E-state index contributed by atoms with van der Waals surface area (Å²) in [6.07, 6.45) is 5.04. The second kappa shape index (κ2) is 4.65. The van der Waals surface area contributed by atoms with Crippen molar-refractivity contribution in [2.75, 3.05) is 0 Å². The van der Waals surface area contributed by atoms with Crippen molar-refractivity contribution in [3.63, 3.8) is 0 Å². The topological polar surface area (TPSA) is 57.3 Å². The highest BCUT2D eigenvalue weighted by molar-refractivity contribution is 5.70. The van der Waals surface area contributed by atoms with Gasteiger partial charge in [-0.25, -0.2) is 0 Å². The van der Waals surface area contributed by atoms with Gasteiger partial charge in [0, 0.05) is 12.6 Å². The number of carbonyl (C=O) groups excluding carboxylic acids is 1. The Morgan fingerprint density at radius 3 is 3.12 bits per heavy atom. The lowest BCUT2D eigenvalue weighted by Gasteiger charge is -1.97. The molecule has 2 heterocycles. The van der Waals surface area contributed by atoms with E-state index >= 15 is 0 Å². The molecule has 0 N–H and O–H groups in total. The van der Waals surface area contributed by atoms with Crippen molar-refractivity contribution in [1.82, 2.24) is 9.78 Å². The SMILES string of the molecule is CCCn1cc(Oc2ccc(C=O)o2)cn1. The largest absolute Gasteiger partial charge is 0.423 e. The first kappa shape index (κ1) is 10.5. The third-order valence-corrected chi connectivity index (χ3v) is 2.00. The van der Waals surface area contributed by atoms with Crippen molar-refractivity contribution in [1.29, 1.82) is 0 Å². The van der Waals surface area contributed by atoms with Crippen LogP contribution < -0.4 is 4.74 Å². The van der Waals surface area contributed by atoms with Crippen LogP contribution in [-0.2, 0) is 6.54 Å². The van der Waals surface area contributed by atoms with Crippen molar-refractivity contribution in [2.24, 2.45) is 0 Å². The van der Waals surface area contributed by atoms with Crippen LogP contribution in [0.4, 0.5) is 0 Å². The minimum Gasteiger partial charge on any atom is -0.423 e. The summed E-state index contributed by atoms with van der Waals surface area (Å²) < 4.78 is 12.2. The number of ether oxygens (including phenoxy) is 1. The Labute approximate surface area is 92.6 Å². The van der Waals surface area contributed by atoms with Crippen molar-refractivity contribution in [3.8, 4) is 11.7 Å². The maximum Gasteiger partial charge on any atom is 0.290 e. The lowest BCUT2D eigenvalue weighted by molar-refractivity contribution is 0.109. The van der Waals surface area contributed by atoms with E-state index in [0.717, 1.165) is 13.0 Å². The van der Waals surface area contributed by atoms with E-state index in [4.69, 9.17) is 9.15 Å². The quantitative estimate of drug-likeness (QED) is 0.726. The number of carbonyl (C=O) groups is 1. The molecule has 0 atom stereocenters. The smallest absolute Gasteiger partial charge is 0.290 e. The van der Waals surface area contributed by atoms with Gasteiger partial charge in [0.25, 0.3) is 5.95 Å². The van der Waals surface area contributed by atoms with E-state index in [1.54, 1.807) is 29.2 Å². The molecule has 0 aliphatic carbocycles. The number of aromatic nitrogens is 2. The molecular weight excluding hydrogens is 208 g/mol. The van der Waals surface area contributed by atoms with Gasteiger partial charge in [0.15, 0.2) is 17.8 Å². The lowest BCUT2D eigenvalue weighted by Crippen LogP contribution is -1.95. The highest BCUT2D eigenvalue weighted by Crippen LogP contribution is 2.22. The number of aryl methyl sites for hydroxylation is 1. The predicted octanol–water partition coefficient (Wildman–Crippen LogP) is 2.49. The van der Waals surface area contributed by atoms with E-state index in [0.29, 0.717) is 12.0 Å². The van der Waals surface area contributed by atoms with Crippen LogP contribution in [0.15, 0.2) is 28.9 Å². The average Bonchev–Trinajstić information content (AvgIpc) is 2.89. The second-order valence-electron chi connectivity index (χ2n) is 3.32. The van der Waals surface area contributed by atoms with Gasteiger partial charge in [0.05, 0.1) is 12.4 Å². The predicted molar refractivity (Wildman–Crippen MR) is 56.7 cm³/mol. The summed E-state index contributed by atoms with van der Waals surface area (Å²) in [5.41, 5.74) is 0. The number of hydrogen-bond donors (Lipinski definition) is 0. The van der Waals surface area contributed by atoms with E-state index in [1.807, 2.05) is 0 Å². The Morgan fingerprint density at radius 2 is 2.44 bits per heavy atom. The molecule has 0 radical (unpaired) electrons. The molecule has 2 rings (SSSR count). The summed E-state index contributed by atoms with van der Waals surface area (Å²) in [6.45, 7) is 2.92. The minimum atomic E-state index is 0.246. The van der Waals surface area contributed by atoms with Crippen LogP contribution in [0, 0.1) is 0 Å². The summed E-state index contributed by atoms with van der Waals surface area (Å²) >= 11 is 0. The van der Waals surface area contributed by atoms with Crippen molar-refractivity contribution >= 4 is 6.29 Å². The van der Waals surface area contributed by atoms with Gasteiger partial charge in [-0.3, -0.25) is 9.48 Å². The zero-order chi connectivity index (χ0) is 11.4. The van der Waals surface area contributed by atoms with Crippen molar-refractivity contribution < 1.29 is 13.9 Å². The fourth-order valence-electron chi connectivity index (χ4n) is 1.32. The summed E-state index contributed by atoms with van der Waals surface area (Å²) in [7, 11) is 0. The number of hydrogen-bond acceptors (Lipinski definition) is 4. The maximum atomic E-state index is 10.4. The summed E-state index contributed by atoms with van der Waals surface area (Å²) in [4.78, 5) is 10.4. The third kappa shape index (κ3) is 2.31. The number of aldehydes is 1. The van der Waals surface area contributed by atoms with E-state index in [9.17, 15) is 4.79 Å². The average molecular weight is 220 g/mol. The van der Waals surface area contributed by atoms with E-state index in [2.05, 4.69) is 12.0 Å². The molecule has 0 saturated heterocycles. The highest BCUT2D eigenvalue weighted by Gasteiger charge is 2.05. The lowest BCUT2D eigenvalue weighted by atomic mass is 10.5. The molecule has 0 spiro atoms. The number of furan rings is 1. The molecule has 0 fully saturated rings. The molecule has 0 aliphatic heterocycles. The van der Waals surface area contributed by atoms with Gasteiger partial charge in [-0.1, -0.05) is 6.92 Å². The van der Waals surface area contributed by atoms with Gasteiger partial charge in [0.1, 0.15) is 0 Å². The first-order valence-corrected chi connectivity index (χ1v) is 5.07. The molecule has 0 bridgehead atoms. The van der Waals surface area contributed by atoms with Gasteiger partial charge >= 0.3 is 0 Å². The van der Waals surface area contributed by atoms with Crippen LogP contribution >= 0.6 is 0 Å². The Bertz CT molecular complexity index is 473. The van der Waals surface area contributed by atoms with Gasteiger partial charge in [-0.2, -0.15) is 5.10 Å². The molecule has 2 aromatic rings. The minimum absolute atomic E-state index is 0.246. The molecule has 16 heavy (non-hydrogen) atoms. The van der Waals surface area contributed by atoms with E-state index in [1.165, 1.54) is 0 Å². The molecule has 0 amide bonds. The van der Waals surface area contributed by atoms with Crippen LogP contribution in [0.5, 0.6) is 11.7 Å². The zero-order valence-corrected chi connectivity index (χ0v) is 8.92. The van der Waals surface area contributed by atoms with Crippen LogP contribution in [0.1, 0.15) is 23.9 Å². The van der Waals surface area contributed by atoms with E-state index < -0.39 is 0 Å². The summed E-state index contributed by atoms with van der Waals surface area (Å²) in [5.74, 6) is 1.13. The molecule has 5 nitrogen and oxygen atoms in total. The third-order valence-electron chi connectivity index (χ3n) is 2.00. The Balaban J connectivity index is 2.05. The van der Waals surface area contributed by atoms with Gasteiger partial charge in [-0.15, -0.1) is 0 Å². The molecular formula is C11H12N2O3. The van der Waals surface area contributed by atoms with Crippen LogP contribution in [0.2, 0.25) is 0 Å². The zero-order valence-electron chi connectivity index (χ0n) is 8.92. The first-order chi connectivity index (χ1) is 7.81. The van der Waals surface area contributed by atoms with E-state index in [-0.39, 0.29) is 11.7 Å². The second-order valence-corrected chi connectivity index (χ2v) is 3.32. The highest BCUT2D eigenvalue weighted by atomic mass is 16.6. The standard InChI is InChI=1S/C11H12N2O3/c1-2-5-13-7-10(6-12-13)16-11-4-3-9(8-14)15-11/h3-4,6-8H,2,5H2,1H3. The van der Waals surface area contributed by atoms with Crippen LogP contribution in [0.3, 0.4) is 0 Å². The van der Waals surface area contributed by atoms with Crippen molar-refractivity contribution in [3.05, 3.63) is 30.3 Å². The summed E-state index contributed by atoms with van der Waals surface area (Å²) in [5, 5.41) is 4.11. The monoisotopic (exact) mass is 220 g/mol. The molecule has 0 saturated carbocycles. The molecule has 84 valence electrons. The number of nitrogens with zero attached hydrogens (tertiary/aromatic N) is 2. The van der Waals surface area contributed by atoms with Crippen LogP contribution in [0.25, 0.3) is 0 Å².